The minimum absolute atomic E-state index is 0.0256. The van der Waals surface area contributed by atoms with Crippen LogP contribution in [0, 0.1) is 6.57 Å². The number of carbonyl (C=O) groups is 1. The third kappa shape index (κ3) is 5.32. The average Bonchev–Trinajstić information content (AvgIpc) is 2.36. The van der Waals surface area contributed by atoms with Crippen molar-refractivity contribution in [3.8, 4) is 0 Å². The molecule has 0 spiro atoms. The zero-order chi connectivity index (χ0) is 18.0. The Morgan fingerprint density at radius 1 is 1.30 bits per heavy atom. The van der Waals surface area contributed by atoms with Gasteiger partial charge >= 0.3 is 6.18 Å². The number of carbonyl (C=O) groups excluding carboxylic acids is 1. The van der Waals surface area contributed by atoms with Crippen molar-refractivity contribution >= 4 is 29.0 Å². The van der Waals surface area contributed by atoms with Crippen molar-refractivity contribution in [1.82, 2.24) is 0 Å². The van der Waals surface area contributed by atoms with Crippen LogP contribution in [0.3, 0.4) is 0 Å². The van der Waals surface area contributed by atoms with Crippen LogP contribution in [0.5, 0.6) is 0 Å². The van der Waals surface area contributed by atoms with Crippen LogP contribution in [0.4, 0.5) is 24.5 Å². The largest absolute Gasteiger partial charge is 0.407 e. The van der Waals surface area contributed by atoms with E-state index in [0.29, 0.717) is 4.90 Å². The summed E-state index contributed by atoms with van der Waals surface area (Å²) in [5.41, 5.74) is -1.35. The molecule has 0 aromatic heterocycles. The van der Waals surface area contributed by atoms with Gasteiger partial charge in [0.15, 0.2) is 0 Å². The number of nitrogens with zero attached hydrogens (tertiary/aromatic N) is 1. The zero-order valence-corrected chi connectivity index (χ0v) is 14.1. The minimum Gasteiger partial charge on any atom is -0.321 e. The molecule has 0 saturated heterocycles. The molecule has 3 nitrogen and oxygen atoms in total. The summed E-state index contributed by atoms with van der Waals surface area (Å²) >= 11 is 1.27. The Labute approximate surface area is 137 Å². The first-order chi connectivity index (χ1) is 10.3. The van der Waals surface area contributed by atoms with E-state index in [1.807, 2.05) is 20.8 Å². The maximum absolute atomic E-state index is 13.1. The summed E-state index contributed by atoms with van der Waals surface area (Å²) in [6.07, 6.45) is -4.67. The number of alkyl halides is 3. The number of rotatable bonds is 3. The van der Waals surface area contributed by atoms with Crippen molar-refractivity contribution in [2.45, 2.75) is 43.5 Å². The van der Waals surface area contributed by atoms with Gasteiger partial charge in [0.25, 0.3) is 5.91 Å². The first kappa shape index (κ1) is 19.1. The maximum atomic E-state index is 13.1. The fraction of sp³-hybridized carbons (Fsp3) is 0.375. The fourth-order valence-corrected chi connectivity index (χ4v) is 2.68. The lowest BCUT2D eigenvalue weighted by atomic mass is 10.1. The predicted molar refractivity (Wildman–Crippen MR) is 86.8 cm³/mol. The van der Waals surface area contributed by atoms with Gasteiger partial charge in [0.05, 0.1) is 17.8 Å². The number of halogens is 3. The summed E-state index contributed by atoms with van der Waals surface area (Å²) in [5.74, 6) is -0.565. The Kier molecular flexibility index (Phi) is 5.54. The highest BCUT2D eigenvalue weighted by atomic mass is 32.2. The predicted octanol–water partition coefficient (Wildman–Crippen LogP) is 5.66. The Bertz CT molecular complexity index is 682. The van der Waals surface area contributed by atoms with Gasteiger partial charge in [-0.15, -0.1) is 11.8 Å². The molecule has 0 unspecified atom stereocenters. The van der Waals surface area contributed by atoms with Crippen molar-refractivity contribution in [2.75, 3.05) is 5.32 Å². The van der Waals surface area contributed by atoms with Crippen LogP contribution in [0.2, 0.25) is 0 Å². The highest BCUT2D eigenvalue weighted by Gasteiger charge is 2.35. The van der Waals surface area contributed by atoms with E-state index in [4.69, 9.17) is 6.57 Å². The monoisotopic (exact) mass is 342 g/mol. The SMILES string of the molecule is [C-]#[N+]c1cc(SC(C)(C)C)c(NC(=O)C(=C)C)cc1C(F)(F)F. The molecule has 1 aromatic rings. The van der Waals surface area contributed by atoms with Gasteiger partial charge in [-0.2, -0.15) is 13.2 Å². The molecule has 0 fully saturated rings. The van der Waals surface area contributed by atoms with Crippen molar-refractivity contribution in [1.29, 1.82) is 0 Å². The number of amides is 1. The second kappa shape index (κ2) is 6.67. The van der Waals surface area contributed by atoms with Gasteiger partial charge in [0.2, 0.25) is 5.69 Å². The third-order valence-electron chi connectivity index (χ3n) is 2.58. The topological polar surface area (TPSA) is 33.5 Å². The fourth-order valence-electron chi connectivity index (χ4n) is 1.63. The summed E-state index contributed by atoms with van der Waals surface area (Å²) in [6.45, 7) is 17.6. The zero-order valence-electron chi connectivity index (χ0n) is 13.3. The summed E-state index contributed by atoms with van der Waals surface area (Å²) in [7, 11) is 0. The molecule has 23 heavy (non-hydrogen) atoms. The second-order valence-corrected chi connectivity index (χ2v) is 7.79. The Hall–Kier alpha value is -1.94. The molecular formula is C16H17F3N2OS. The molecule has 0 atom stereocenters. The van der Waals surface area contributed by atoms with Crippen LogP contribution in [-0.2, 0) is 11.0 Å². The van der Waals surface area contributed by atoms with E-state index in [1.165, 1.54) is 24.8 Å². The minimum atomic E-state index is -4.67. The van der Waals surface area contributed by atoms with Crippen LogP contribution in [0.15, 0.2) is 29.2 Å². The van der Waals surface area contributed by atoms with Gasteiger partial charge in [-0.1, -0.05) is 27.4 Å². The van der Waals surface area contributed by atoms with Crippen LogP contribution in [-0.4, -0.2) is 10.7 Å². The normalized spacial score (nSPS) is 11.7. The number of nitrogens with one attached hydrogen (secondary N) is 1. The van der Waals surface area contributed by atoms with E-state index in [9.17, 15) is 18.0 Å². The molecule has 1 N–H and O–H groups in total. The lowest BCUT2D eigenvalue weighted by molar-refractivity contribution is -0.136. The molecule has 0 aliphatic heterocycles. The van der Waals surface area contributed by atoms with E-state index in [0.717, 1.165) is 6.07 Å². The third-order valence-corrected chi connectivity index (χ3v) is 3.75. The maximum Gasteiger partial charge on any atom is 0.407 e. The molecule has 1 rings (SSSR count). The lowest BCUT2D eigenvalue weighted by Crippen LogP contribution is -2.15. The van der Waals surface area contributed by atoms with Gasteiger partial charge in [-0.25, -0.2) is 4.85 Å². The van der Waals surface area contributed by atoms with Gasteiger partial charge in [-0.05, 0) is 19.1 Å². The van der Waals surface area contributed by atoms with Crippen molar-refractivity contribution in [3.63, 3.8) is 0 Å². The first-order valence-electron chi connectivity index (χ1n) is 6.63. The molecule has 0 aliphatic rings. The summed E-state index contributed by atoms with van der Waals surface area (Å²) < 4.78 is 39.0. The van der Waals surface area contributed by atoms with Crippen molar-refractivity contribution in [3.05, 3.63) is 41.3 Å². The van der Waals surface area contributed by atoms with E-state index in [1.54, 1.807) is 0 Å². The molecule has 0 bridgehead atoms. The molecule has 1 aromatic carbocycles. The van der Waals surface area contributed by atoms with Crippen molar-refractivity contribution in [2.24, 2.45) is 0 Å². The van der Waals surface area contributed by atoms with E-state index in [2.05, 4.69) is 16.7 Å². The molecular weight excluding hydrogens is 325 g/mol. The number of hydrogen-bond acceptors (Lipinski definition) is 2. The van der Waals surface area contributed by atoms with Gasteiger partial charge in [0.1, 0.15) is 0 Å². The number of benzene rings is 1. The lowest BCUT2D eigenvalue weighted by Gasteiger charge is -2.22. The average molecular weight is 342 g/mol. The Morgan fingerprint density at radius 2 is 1.87 bits per heavy atom. The molecule has 124 valence electrons. The first-order valence-corrected chi connectivity index (χ1v) is 7.45. The van der Waals surface area contributed by atoms with E-state index < -0.39 is 23.3 Å². The highest BCUT2D eigenvalue weighted by Crippen LogP contribution is 2.45. The number of thioether (sulfide) groups is 1. The quantitative estimate of drug-likeness (QED) is 0.437. The van der Waals surface area contributed by atoms with Crippen LogP contribution >= 0.6 is 11.8 Å². The highest BCUT2D eigenvalue weighted by molar-refractivity contribution is 8.00. The van der Waals surface area contributed by atoms with Crippen LogP contribution in [0.25, 0.3) is 4.85 Å². The summed E-state index contributed by atoms with van der Waals surface area (Å²) in [4.78, 5) is 15.2. The van der Waals surface area contributed by atoms with Crippen molar-refractivity contribution < 1.29 is 18.0 Å². The second-order valence-electron chi connectivity index (χ2n) is 5.92. The standard InChI is InChI=1S/C16H17F3N2OS/c1-9(2)14(22)21-12-7-10(16(17,18)19)11(20-6)8-13(12)23-15(3,4)5/h7-8H,1H2,2-5H3,(H,21,22). The Balaban J connectivity index is 3.51. The molecule has 0 radical (unpaired) electrons. The summed E-state index contributed by atoms with van der Waals surface area (Å²) in [5, 5.41) is 2.43. The molecule has 0 saturated carbocycles. The smallest absolute Gasteiger partial charge is 0.321 e. The van der Waals surface area contributed by atoms with E-state index >= 15 is 0 Å². The van der Waals surface area contributed by atoms with Gasteiger partial charge in [0, 0.05) is 15.2 Å². The Morgan fingerprint density at radius 3 is 2.26 bits per heavy atom. The molecule has 0 aliphatic carbocycles. The van der Waals surface area contributed by atoms with E-state index in [-0.39, 0.29) is 16.0 Å². The summed E-state index contributed by atoms with van der Waals surface area (Å²) in [6, 6.07) is 1.97. The number of anilines is 1. The molecule has 1 amide bonds. The number of hydrogen-bond donors (Lipinski definition) is 1. The van der Waals surface area contributed by atoms with Gasteiger partial charge in [-0.3, -0.25) is 4.79 Å². The van der Waals surface area contributed by atoms with Crippen LogP contribution < -0.4 is 5.32 Å². The molecule has 0 heterocycles. The molecule has 7 heteroatoms. The van der Waals surface area contributed by atoms with Crippen LogP contribution in [0.1, 0.15) is 33.3 Å². The van der Waals surface area contributed by atoms with Gasteiger partial charge < -0.3 is 5.32 Å².